The molecule has 0 saturated carbocycles. The van der Waals surface area contributed by atoms with E-state index in [1.54, 1.807) is 24.3 Å². The molecule has 0 bridgehead atoms. The van der Waals surface area contributed by atoms with E-state index >= 15 is 0 Å². The molecule has 0 aromatic heterocycles. The fraction of sp³-hybridized carbons (Fsp3) is 0.208. The van der Waals surface area contributed by atoms with E-state index < -0.39 is 28.1 Å². The molecule has 5 heteroatoms. The minimum Gasteiger partial charge on any atom is -0.467 e. The zero-order valence-corrected chi connectivity index (χ0v) is 17.5. The van der Waals surface area contributed by atoms with Crippen LogP contribution in [0.3, 0.4) is 0 Å². The first-order chi connectivity index (χ1) is 14.1. The van der Waals surface area contributed by atoms with E-state index in [2.05, 4.69) is 15.9 Å². The highest BCUT2D eigenvalue weighted by Gasteiger charge is 2.71. The molecule has 29 heavy (non-hydrogen) atoms. The Hall–Kier alpha value is -2.47. The maximum absolute atomic E-state index is 13.3. The molecule has 1 heterocycles. The molecule has 0 aliphatic carbocycles. The summed E-state index contributed by atoms with van der Waals surface area (Å²) in [4.78, 5) is 12.7. The van der Waals surface area contributed by atoms with Crippen molar-refractivity contribution in [2.24, 2.45) is 0 Å². The molecule has 1 aliphatic heterocycles. The number of ether oxygens (including phenoxy) is 2. The van der Waals surface area contributed by atoms with Crippen LogP contribution in [-0.2, 0) is 25.5 Å². The second-order valence-electron chi connectivity index (χ2n) is 7.02. The maximum Gasteiger partial charge on any atom is 0.346 e. The Morgan fingerprint density at radius 3 is 1.90 bits per heavy atom. The molecule has 0 amide bonds. The maximum atomic E-state index is 13.3. The number of hydrogen-bond donors (Lipinski definition) is 1. The summed E-state index contributed by atoms with van der Waals surface area (Å²) in [5, 5.41) is 12.3. The molecule has 3 aromatic carbocycles. The number of benzene rings is 3. The quantitative estimate of drug-likeness (QED) is 0.468. The lowest BCUT2D eigenvalue weighted by molar-refractivity contribution is -0.195. The van der Waals surface area contributed by atoms with Crippen LogP contribution in [0, 0.1) is 0 Å². The van der Waals surface area contributed by atoms with Gasteiger partial charge in [0.15, 0.2) is 0 Å². The van der Waals surface area contributed by atoms with Gasteiger partial charge < -0.3 is 14.6 Å². The van der Waals surface area contributed by atoms with Crippen LogP contribution in [0.5, 0.6) is 0 Å². The van der Waals surface area contributed by atoms with E-state index in [1.165, 1.54) is 7.11 Å². The summed E-state index contributed by atoms with van der Waals surface area (Å²) in [5.74, 6) is -0.655. The van der Waals surface area contributed by atoms with E-state index in [-0.39, 0.29) is 0 Å². The van der Waals surface area contributed by atoms with Gasteiger partial charge in [-0.2, -0.15) is 0 Å². The highest BCUT2D eigenvalue weighted by Crippen LogP contribution is 2.60. The highest BCUT2D eigenvalue weighted by atomic mass is 79.9. The summed E-state index contributed by atoms with van der Waals surface area (Å²) in [7, 11) is 1.31. The second kappa shape index (κ2) is 7.75. The average molecular weight is 453 g/mol. The van der Waals surface area contributed by atoms with Crippen molar-refractivity contribution in [3.8, 4) is 0 Å². The van der Waals surface area contributed by atoms with Gasteiger partial charge in [-0.15, -0.1) is 0 Å². The summed E-state index contributed by atoms with van der Waals surface area (Å²) in [6.45, 7) is 0. The van der Waals surface area contributed by atoms with Crippen molar-refractivity contribution in [2.75, 3.05) is 7.11 Å². The van der Waals surface area contributed by atoms with Crippen molar-refractivity contribution in [2.45, 2.75) is 22.1 Å². The third-order valence-corrected chi connectivity index (χ3v) is 6.64. The van der Waals surface area contributed by atoms with E-state index in [9.17, 15) is 9.90 Å². The minimum absolute atomic E-state index is 0.529. The van der Waals surface area contributed by atoms with Crippen LogP contribution in [0.2, 0.25) is 0 Å². The first kappa shape index (κ1) is 19.8. The van der Waals surface area contributed by atoms with Gasteiger partial charge in [0.05, 0.1) is 11.9 Å². The van der Waals surface area contributed by atoms with Crippen LogP contribution in [0.15, 0.2) is 91.0 Å². The number of aliphatic hydroxyl groups is 1. The van der Waals surface area contributed by atoms with Crippen molar-refractivity contribution in [1.29, 1.82) is 0 Å². The first-order valence-electron chi connectivity index (χ1n) is 9.34. The van der Waals surface area contributed by atoms with Crippen LogP contribution in [0.1, 0.15) is 22.8 Å². The van der Waals surface area contributed by atoms with E-state index in [1.807, 2.05) is 66.7 Å². The van der Waals surface area contributed by atoms with Gasteiger partial charge in [-0.1, -0.05) is 107 Å². The standard InChI is InChI=1S/C24H21BrO4/c1-28-22(26)24(19-15-9-4-10-16-19)23(27,18-13-7-3-8-14-18)21(25)20(29-24)17-11-5-2-6-12-17/h2-16,20-21,27H,1H3/t20-,21-,23-,24-/m1/s1. The number of methoxy groups -OCH3 is 1. The predicted octanol–water partition coefficient (Wildman–Crippen LogP) is 4.48. The third-order valence-electron chi connectivity index (χ3n) is 5.50. The number of hydrogen-bond acceptors (Lipinski definition) is 4. The van der Waals surface area contributed by atoms with Gasteiger partial charge in [0, 0.05) is 0 Å². The number of carbonyl (C=O) groups is 1. The van der Waals surface area contributed by atoms with E-state index in [0.717, 1.165) is 5.56 Å². The molecule has 1 saturated heterocycles. The molecule has 4 atom stereocenters. The average Bonchev–Trinajstić information content (AvgIpc) is 3.04. The Bertz CT molecular complexity index is 980. The number of rotatable bonds is 4. The molecule has 4 nitrogen and oxygen atoms in total. The normalized spacial score (nSPS) is 28.8. The fourth-order valence-electron chi connectivity index (χ4n) is 4.11. The number of carbonyl (C=O) groups excluding carboxylic acids is 1. The van der Waals surface area contributed by atoms with Gasteiger partial charge in [0.1, 0.15) is 11.7 Å². The van der Waals surface area contributed by atoms with Crippen LogP contribution in [0.4, 0.5) is 0 Å². The summed E-state index contributed by atoms with van der Waals surface area (Å²) in [6.07, 6.45) is -0.583. The molecule has 0 unspecified atom stereocenters. The minimum atomic E-state index is -1.75. The van der Waals surface area contributed by atoms with E-state index in [0.29, 0.717) is 11.1 Å². The third kappa shape index (κ3) is 2.92. The summed E-state index contributed by atoms with van der Waals surface area (Å²) >= 11 is 3.69. The largest absolute Gasteiger partial charge is 0.467 e. The molecular weight excluding hydrogens is 432 g/mol. The number of halogens is 1. The monoisotopic (exact) mass is 452 g/mol. The van der Waals surface area contributed by atoms with Crippen LogP contribution < -0.4 is 0 Å². The summed E-state index contributed by atoms with van der Waals surface area (Å²) < 4.78 is 11.7. The van der Waals surface area contributed by atoms with Crippen molar-refractivity contribution in [1.82, 2.24) is 0 Å². The lowest BCUT2D eigenvalue weighted by Crippen LogP contribution is -2.55. The zero-order chi connectivity index (χ0) is 20.5. The summed E-state index contributed by atoms with van der Waals surface area (Å²) in [5.41, 5.74) is -1.52. The van der Waals surface area contributed by atoms with Gasteiger partial charge in [-0.3, -0.25) is 0 Å². The Morgan fingerprint density at radius 1 is 0.897 bits per heavy atom. The van der Waals surface area contributed by atoms with E-state index in [4.69, 9.17) is 9.47 Å². The van der Waals surface area contributed by atoms with Crippen LogP contribution in [-0.4, -0.2) is 23.0 Å². The Morgan fingerprint density at radius 2 is 1.38 bits per heavy atom. The van der Waals surface area contributed by atoms with Gasteiger partial charge in [0.25, 0.3) is 0 Å². The SMILES string of the molecule is COC(=O)[C@@]1(c2ccccc2)O[C@H](c2ccccc2)[C@@H](Br)[C@]1(O)c1ccccc1. The molecule has 148 valence electrons. The molecule has 0 radical (unpaired) electrons. The molecule has 1 aliphatic rings. The fourth-order valence-corrected chi connectivity index (χ4v) is 5.11. The van der Waals surface area contributed by atoms with Crippen molar-refractivity contribution in [3.63, 3.8) is 0 Å². The highest BCUT2D eigenvalue weighted by molar-refractivity contribution is 9.09. The van der Waals surface area contributed by atoms with Crippen molar-refractivity contribution < 1.29 is 19.4 Å². The lowest BCUT2D eigenvalue weighted by Gasteiger charge is -2.40. The van der Waals surface area contributed by atoms with Gasteiger partial charge in [0.2, 0.25) is 5.60 Å². The molecule has 3 aromatic rings. The molecular formula is C24H21BrO4. The molecule has 0 spiro atoms. The Balaban J connectivity index is 2.01. The topological polar surface area (TPSA) is 55.8 Å². The second-order valence-corrected chi connectivity index (χ2v) is 8.01. The zero-order valence-electron chi connectivity index (χ0n) is 15.9. The van der Waals surface area contributed by atoms with Gasteiger partial charge in [-0.05, 0) is 16.7 Å². The molecule has 4 rings (SSSR count). The number of esters is 1. The molecule has 1 fully saturated rings. The first-order valence-corrected chi connectivity index (χ1v) is 10.3. The summed E-state index contributed by atoms with van der Waals surface area (Å²) in [6, 6.07) is 27.7. The van der Waals surface area contributed by atoms with Crippen molar-refractivity contribution >= 4 is 21.9 Å². The van der Waals surface area contributed by atoms with Crippen LogP contribution >= 0.6 is 15.9 Å². The Kier molecular flexibility index (Phi) is 5.30. The van der Waals surface area contributed by atoms with Gasteiger partial charge in [-0.25, -0.2) is 4.79 Å². The Labute approximate surface area is 178 Å². The van der Waals surface area contributed by atoms with Crippen LogP contribution in [0.25, 0.3) is 0 Å². The smallest absolute Gasteiger partial charge is 0.346 e. The lowest BCUT2D eigenvalue weighted by atomic mass is 9.72. The van der Waals surface area contributed by atoms with Crippen molar-refractivity contribution in [3.05, 3.63) is 108 Å². The predicted molar refractivity (Wildman–Crippen MR) is 113 cm³/mol. The van der Waals surface area contributed by atoms with Gasteiger partial charge >= 0.3 is 5.97 Å². The number of alkyl halides is 1. The molecule has 1 N–H and O–H groups in total.